The van der Waals surface area contributed by atoms with Gasteiger partial charge in [-0.25, -0.2) is 0 Å². The summed E-state index contributed by atoms with van der Waals surface area (Å²) in [5, 5.41) is 3.40. The fourth-order valence-electron chi connectivity index (χ4n) is 2.87. The minimum atomic E-state index is 0.850. The first-order chi connectivity index (χ1) is 7.22. The van der Waals surface area contributed by atoms with Gasteiger partial charge in [0, 0.05) is 25.2 Å². The van der Waals surface area contributed by atoms with E-state index >= 15 is 0 Å². The van der Waals surface area contributed by atoms with Gasteiger partial charge in [-0.2, -0.15) is 0 Å². The van der Waals surface area contributed by atoms with Crippen LogP contribution in [0.15, 0.2) is 0 Å². The molecule has 1 saturated heterocycles. The molecule has 1 aliphatic carbocycles. The molecule has 0 unspecified atom stereocenters. The Hall–Kier alpha value is -0.0800. The van der Waals surface area contributed by atoms with Crippen molar-refractivity contribution in [1.29, 1.82) is 0 Å². The average molecular weight is 210 g/mol. The molecule has 88 valence electrons. The van der Waals surface area contributed by atoms with Gasteiger partial charge >= 0.3 is 0 Å². The first-order valence-corrected chi connectivity index (χ1v) is 6.68. The first kappa shape index (κ1) is 11.4. The minimum Gasteiger partial charge on any atom is -0.314 e. The van der Waals surface area contributed by atoms with Crippen LogP contribution in [0.1, 0.15) is 40.0 Å². The van der Waals surface area contributed by atoms with E-state index in [0.29, 0.717) is 0 Å². The van der Waals surface area contributed by atoms with Gasteiger partial charge in [-0.1, -0.05) is 20.8 Å². The van der Waals surface area contributed by atoms with Crippen molar-refractivity contribution in [3.8, 4) is 0 Å². The smallest absolute Gasteiger partial charge is 0.0348 e. The zero-order valence-electron chi connectivity index (χ0n) is 10.5. The van der Waals surface area contributed by atoms with Crippen LogP contribution >= 0.6 is 0 Å². The Morgan fingerprint density at radius 3 is 2.27 bits per heavy atom. The van der Waals surface area contributed by atoms with Gasteiger partial charge in [0.1, 0.15) is 0 Å². The fourth-order valence-corrected chi connectivity index (χ4v) is 2.87. The molecular formula is C13H26N2. The monoisotopic (exact) mass is 210 g/mol. The summed E-state index contributed by atoms with van der Waals surface area (Å²) in [5.74, 6) is 1.90. The molecule has 2 rings (SSSR count). The summed E-state index contributed by atoms with van der Waals surface area (Å²) >= 11 is 0. The van der Waals surface area contributed by atoms with Crippen molar-refractivity contribution in [2.75, 3.05) is 19.6 Å². The molecule has 1 N–H and O–H groups in total. The van der Waals surface area contributed by atoms with Crippen LogP contribution in [0, 0.1) is 11.8 Å². The molecule has 15 heavy (non-hydrogen) atoms. The lowest BCUT2D eigenvalue weighted by Gasteiger charge is -2.50. The lowest BCUT2D eigenvalue weighted by molar-refractivity contribution is 0.00819. The lowest BCUT2D eigenvalue weighted by Crippen LogP contribution is -2.62. The van der Waals surface area contributed by atoms with Gasteiger partial charge < -0.3 is 5.32 Å². The Labute approximate surface area is 94.4 Å². The van der Waals surface area contributed by atoms with E-state index in [2.05, 4.69) is 31.0 Å². The lowest BCUT2D eigenvalue weighted by atomic mass is 9.72. The largest absolute Gasteiger partial charge is 0.314 e. The second kappa shape index (κ2) is 4.84. The van der Waals surface area contributed by atoms with Crippen LogP contribution in [-0.2, 0) is 0 Å². The van der Waals surface area contributed by atoms with E-state index in [1.165, 1.54) is 38.9 Å². The molecule has 0 aromatic heterocycles. The Bertz CT molecular complexity index is 193. The van der Waals surface area contributed by atoms with Crippen LogP contribution in [0.2, 0.25) is 0 Å². The van der Waals surface area contributed by atoms with Crippen molar-refractivity contribution in [2.24, 2.45) is 11.8 Å². The normalized spacial score (nSPS) is 31.8. The van der Waals surface area contributed by atoms with Crippen LogP contribution in [0.25, 0.3) is 0 Å². The molecule has 0 spiro atoms. The zero-order valence-corrected chi connectivity index (χ0v) is 10.5. The Morgan fingerprint density at radius 1 is 1.20 bits per heavy atom. The molecule has 0 aromatic rings. The average Bonchev–Trinajstić information content (AvgIpc) is 1.97. The van der Waals surface area contributed by atoms with Gasteiger partial charge in [0.25, 0.3) is 0 Å². The van der Waals surface area contributed by atoms with Crippen LogP contribution < -0.4 is 5.32 Å². The molecule has 0 radical (unpaired) electrons. The molecule has 0 aromatic carbocycles. The molecule has 1 heterocycles. The summed E-state index contributed by atoms with van der Waals surface area (Å²) in [6, 6.07) is 1.76. The van der Waals surface area contributed by atoms with E-state index in [-0.39, 0.29) is 0 Å². The van der Waals surface area contributed by atoms with Crippen molar-refractivity contribution in [1.82, 2.24) is 10.2 Å². The quantitative estimate of drug-likeness (QED) is 0.747. The van der Waals surface area contributed by atoms with Gasteiger partial charge in [0.2, 0.25) is 0 Å². The zero-order chi connectivity index (χ0) is 10.8. The van der Waals surface area contributed by atoms with Crippen molar-refractivity contribution >= 4 is 0 Å². The number of nitrogens with zero attached hydrogens (tertiary/aromatic N) is 1. The highest BCUT2D eigenvalue weighted by Gasteiger charge is 2.38. The van der Waals surface area contributed by atoms with E-state index in [0.717, 1.165) is 23.9 Å². The van der Waals surface area contributed by atoms with Gasteiger partial charge in [-0.05, 0) is 37.6 Å². The number of hydrogen-bond donors (Lipinski definition) is 1. The molecule has 1 aliphatic heterocycles. The Morgan fingerprint density at radius 2 is 1.87 bits per heavy atom. The highest BCUT2D eigenvalue weighted by Crippen LogP contribution is 2.38. The van der Waals surface area contributed by atoms with Crippen molar-refractivity contribution in [3.63, 3.8) is 0 Å². The maximum absolute atomic E-state index is 3.40. The van der Waals surface area contributed by atoms with Crippen LogP contribution in [-0.4, -0.2) is 36.6 Å². The first-order valence-electron chi connectivity index (χ1n) is 6.68. The molecule has 0 bridgehead atoms. The number of rotatable bonds is 5. The topological polar surface area (TPSA) is 15.3 Å². The van der Waals surface area contributed by atoms with Crippen molar-refractivity contribution in [3.05, 3.63) is 0 Å². The molecule has 2 aliphatic rings. The third-order valence-electron chi connectivity index (χ3n) is 4.27. The molecule has 1 saturated carbocycles. The third kappa shape index (κ3) is 2.36. The van der Waals surface area contributed by atoms with Crippen LogP contribution in [0.3, 0.4) is 0 Å². The maximum Gasteiger partial charge on any atom is 0.0348 e. The molecule has 0 amide bonds. The van der Waals surface area contributed by atoms with E-state index in [9.17, 15) is 0 Å². The summed E-state index contributed by atoms with van der Waals surface area (Å²) in [5.41, 5.74) is 0. The second-order valence-electron chi connectivity index (χ2n) is 5.68. The predicted molar refractivity (Wildman–Crippen MR) is 65.0 cm³/mol. The highest BCUT2D eigenvalue weighted by atomic mass is 15.3. The summed E-state index contributed by atoms with van der Waals surface area (Å²) in [6.07, 6.45) is 4.21. The summed E-state index contributed by atoms with van der Waals surface area (Å²) in [4.78, 5) is 2.77. The van der Waals surface area contributed by atoms with Gasteiger partial charge in [0.15, 0.2) is 0 Å². The standard InChI is InChI=1S/C13H26N2/c1-4-5-15(13-8-14-9-13)12-6-11(7-12)10(2)3/h10-14H,4-9H2,1-3H3. The van der Waals surface area contributed by atoms with E-state index in [4.69, 9.17) is 0 Å². The number of nitrogens with one attached hydrogen (secondary N) is 1. The van der Waals surface area contributed by atoms with E-state index < -0.39 is 0 Å². The summed E-state index contributed by atoms with van der Waals surface area (Å²) < 4.78 is 0. The molecule has 2 fully saturated rings. The van der Waals surface area contributed by atoms with Gasteiger partial charge in [0.05, 0.1) is 0 Å². The molecule has 2 nitrogen and oxygen atoms in total. The van der Waals surface area contributed by atoms with Gasteiger partial charge in [-0.15, -0.1) is 0 Å². The van der Waals surface area contributed by atoms with Crippen LogP contribution in [0.5, 0.6) is 0 Å². The third-order valence-corrected chi connectivity index (χ3v) is 4.27. The Balaban J connectivity index is 1.79. The van der Waals surface area contributed by atoms with Crippen LogP contribution in [0.4, 0.5) is 0 Å². The van der Waals surface area contributed by atoms with Crippen molar-refractivity contribution < 1.29 is 0 Å². The maximum atomic E-state index is 3.40. The fraction of sp³-hybridized carbons (Fsp3) is 1.00. The van der Waals surface area contributed by atoms with E-state index in [1.807, 2.05) is 0 Å². The Kier molecular flexibility index (Phi) is 3.68. The molecule has 2 heteroatoms. The summed E-state index contributed by atoms with van der Waals surface area (Å²) in [6.45, 7) is 10.8. The molecule has 0 atom stereocenters. The minimum absolute atomic E-state index is 0.850. The van der Waals surface area contributed by atoms with Gasteiger partial charge in [-0.3, -0.25) is 4.90 Å². The second-order valence-corrected chi connectivity index (χ2v) is 5.68. The SMILES string of the molecule is CCCN(C1CNC1)C1CC(C(C)C)C1. The van der Waals surface area contributed by atoms with Crippen molar-refractivity contribution in [2.45, 2.75) is 52.1 Å². The summed E-state index contributed by atoms with van der Waals surface area (Å²) in [7, 11) is 0. The highest BCUT2D eigenvalue weighted by molar-refractivity contribution is 4.95. The predicted octanol–water partition coefficient (Wildman–Crippen LogP) is 2.10. The molecular weight excluding hydrogens is 184 g/mol. The number of hydrogen-bond acceptors (Lipinski definition) is 2. The van der Waals surface area contributed by atoms with E-state index in [1.54, 1.807) is 0 Å².